The van der Waals surface area contributed by atoms with Gasteiger partial charge in [-0.3, -0.25) is 0 Å². The maximum atomic E-state index is 5.14. The van der Waals surface area contributed by atoms with E-state index in [4.69, 9.17) is 12.2 Å². The average molecular weight is 225 g/mol. The maximum absolute atomic E-state index is 5.14. The van der Waals surface area contributed by atoms with Crippen LogP contribution in [0.3, 0.4) is 0 Å². The maximum Gasteiger partial charge on any atom is 0.131 e. The molecule has 4 heteroatoms. The zero-order valence-electron chi connectivity index (χ0n) is 10.0. The van der Waals surface area contributed by atoms with Crippen molar-refractivity contribution in [3.05, 3.63) is 16.5 Å². The lowest BCUT2D eigenvalue weighted by Crippen LogP contribution is -2.19. The average Bonchev–Trinajstić information content (AvgIpc) is 1.99. The fourth-order valence-corrected chi connectivity index (χ4v) is 1.41. The summed E-state index contributed by atoms with van der Waals surface area (Å²) < 4.78 is 0.627. The molecule has 0 radical (unpaired) electrons. The number of nitrogens with one attached hydrogen (secondary N) is 2. The van der Waals surface area contributed by atoms with E-state index >= 15 is 0 Å². The molecule has 0 fully saturated rings. The Balaban J connectivity index is 3.11. The summed E-state index contributed by atoms with van der Waals surface area (Å²) in [5, 5.41) is 3.30. The summed E-state index contributed by atoms with van der Waals surface area (Å²) in [5.74, 6) is 1.85. The Kier molecular flexibility index (Phi) is 3.50. The summed E-state index contributed by atoms with van der Waals surface area (Å²) in [6.07, 6.45) is 0. The van der Waals surface area contributed by atoms with Crippen LogP contribution in [0.5, 0.6) is 0 Å². The van der Waals surface area contributed by atoms with Gasteiger partial charge in [0, 0.05) is 17.5 Å². The molecule has 0 unspecified atom stereocenters. The van der Waals surface area contributed by atoms with Gasteiger partial charge in [0.1, 0.15) is 16.3 Å². The first-order valence-corrected chi connectivity index (χ1v) is 5.58. The zero-order chi connectivity index (χ0) is 11.6. The molecule has 0 bridgehead atoms. The third kappa shape index (κ3) is 3.63. The first-order valence-electron chi connectivity index (χ1n) is 5.17. The van der Waals surface area contributed by atoms with Crippen LogP contribution in [0.1, 0.15) is 40.4 Å². The minimum absolute atomic E-state index is 0.0117. The fraction of sp³-hybridized carbons (Fsp3) is 0.636. The van der Waals surface area contributed by atoms with E-state index in [0.717, 1.165) is 11.6 Å². The first-order chi connectivity index (χ1) is 6.79. The van der Waals surface area contributed by atoms with Crippen molar-refractivity contribution >= 4 is 18.0 Å². The summed E-state index contributed by atoms with van der Waals surface area (Å²) in [6.45, 7) is 10.5. The van der Waals surface area contributed by atoms with E-state index in [-0.39, 0.29) is 5.41 Å². The predicted octanol–water partition coefficient (Wildman–Crippen LogP) is 3.26. The van der Waals surface area contributed by atoms with Crippen molar-refractivity contribution in [3.8, 4) is 0 Å². The first kappa shape index (κ1) is 12.2. The number of H-pyrrole nitrogens is 1. The van der Waals surface area contributed by atoms with E-state index < -0.39 is 0 Å². The van der Waals surface area contributed by atoms with Crippen LogP contribution in [0.15, 0.2) is 6.07 Å². The number of anilines is 1. The molecule has 3 nitrogen and oxygen atoms in total. The van der Waals surface area contributed by atoms with E-state index in [2.05, 4.69) is 49.9 Å². The molecule has 1 aromatic rings. The third-order valence-corrected chi connectivity index (χ3v) is 2.11. The Labute approximate surface area is 96.3 Å². The van der Waals surface area contributed by atoms with Crippen LogP contribution in [-0.4, -0.2) is 16.0 Å². The van der Waals surface area contributed by atoms with E-state index in [0.29, 0.717) is 10.7 Å². The molecule has 1 aromatic heterocycles. The summed E-state index contributed by atoms with van der Waals surface area (Å²) >= 11 is 5.14. The monoisotopic (exact) mass is 225 g/mol. The second kappa shape index (κ2) is 4.31. The van der Waals surface area contributed by atoms with E-state index in [1.54, 1.807) is 0 Å². The van der Waals surface area contributed by atoms with Crippen LogP contribution < -0.4 is 5.32 Å². The van der Waals surface area contributed by atoms with Gasteiger partial charge < -0.3 is 10.3 Å². The minimum Gasteiger partial charge on any atom is -0.369 e. The van der Waals surface area contributed by atoms with Gasteiger partial charge in [-0.05, 0) is 13.8 Å². The van der Waals surface area contributed by atoms with Gasteiger partial charge in [-0.2, -0.15) is 0 Å². The lowest BCUT2D eigenvalue weighted by molar-refractivity contribution is 0.544. The Morgan fingerprint density at radius 3 is 2.47 bits per heavy atom. The molecule has 0 spiro atoms. The highest BCUT2D eigenvalue weighted by Gasteiger charge is 2.16. The van der Waals surface area contributed by atoms with E-state index in [1.165, 1.54) is 0 Å². The summed E-state index contributed by atoms with van der Waals surface area (Å²) in [6, 6.07) is 2.23. The Morgan fingerprint density at radius 2 is 2.00 bits per heavy atom. The normalized spacial score (nSPS) is 11.9. The van der Waals surface area contributed by atoms with Crippen LogP contribution in [0.25, 0.3) is 0 Å². The van der Waals surface area contributed by atoms with Gasteiger partial charge in [-0.1, -0.05) is 33.0 Å². The topological polar surface area (TPSA) is 40.7 Å². The smallest absolute Gasteiger partial charge is 0.131 e. The van der Waals surface area contributed by atoms with Gasteiger partial charge in [0.05, 0.1) is 0 Å². The van der Waals surface area contributed by atoms with Gasteiger partial charge in [0.15, 0.2) is 0 Å². The number of aromatic amines is 1. The molecule has 84 valence electrons. The minimum atomic E-state index is -0.0117. The van der Waals surface area contributed by atoms with Gasteiger partial charge in [0.25, 0.3) is 0 Å². The lowest BCUT2D eigenvalue weighted by Gasteiger charge is -2.19. The molecule has 2 N–H and O–H groups in total. The zero-order valence-corrected chi connectivity index (χ0v) is 10.8. The molecule has 0 aliphatic rings. The number of hydrogen-bond acceptors (Lipinski definition) is 3. The molecular weight excluding hydrogens is 206 g/mol. The SMILES string of the molecule is CC(C)Nc1cc(=S)nc(C(C)(C)C)[nH]1. The highest BCUT2D eigenvalue weighted by atomic mass is 32.1. The highest BCUT2D eigenvalue weighted by Crippen LogP contribution is 2.19. The highest BCUT2D eigenvalue weighted by molar-refractivity contribution is 7.71. The van der Waals surface area contributed by atoms with Crippen molar-refractivity contribution in [1.29, 1.82) is 0 Å². The van der Waals surface area contributed by atoms with Gasteiger partial charge in [-0.15, -0.1) is 0 Å². The molecular formula is C11H19N3S. The van der Waals surface area contributed by atoms with Crippen molar-refractivity contribution in [2.45, 2.75) is 46.1 Å². The van der Waals surface area contributed by atoms with E-state index in [1.807, 2.05) is 6.07 Å². The molecule has 0 saturated carbocycles. The van der Waals surface area contributed by atoms with Crippen LogP contribution in [0, 0.1) is 4.64 Å². The van der Waals surface area contributed by atoms with Crippen molar-refractivity contribution in [2.24, 2.45) is 0 Å². The third-order valence-electron chi connectivity index (χ3n) is 1.90. The second-order valence-corrected chi connectivity index (χ2v) is 5.45. The van der Waals surface area contributed by atoms with E-state index in [9.17, 15) is 0 Å². The van der Waals surface area contributed by atoms with Crippen molar-refractivity contribution in [1.82, 2.24) is 9.97 Å². The number of nitrogens with zero attached hydrogens (tertiary/aromatic N) is 1. The Hall–Kier alpha value is -0.900. The summed E-state index contributed by atoms with van der Waals surface area (Å²) in [7, 11) is 0. The van der Waals surface area contributed by atoms with Gasteiger partial charge in [0.2, 0.25) is 0 Å². The Bertz CT molecular complexity index is 388. The van der Waals surface area contributed by atoms with Crippen LogP contribution in [0.4, 0.5) is 5.82 Å². The summed E-state index contributed by atoms with van der Waals surface area (Å²) in [5.41, 5.74) is -0.0117. The molecule has 0 atom stereocenters. The number of hydrogen-bond donors (Lipinski definition) is 2. The molecule has 0 aliphatic heterocycles. The standard InChI is InChI=1S/C11H19N3S/c1-7(2)12-8-6-9(15)14-10(13-8)11(3,4)5/h6-7H,1-5H3,(H2,12,13,14,15). The molecule has 1 heterocycles. The predicted molar refractivity (Wildman–Crippen MR) is 66.9 cm³/mol. The largest absolute Gasteiger partial charge is 0.369 e. The van der Waals surface area contributed by atoms with Crippen molar-refractivity contribution < 1.29 is 0 Å². The fourth-order valence-electron chi connectivity index (χ4n) is 1.20. The van der Waals surface area contributed by atoms with Crippen molar-refractivity contribution in [3.63, 3.8) is 0 Å². The second-order valence-electron chi connectivity index (χ2n) is 5.03. The molecule has 0 aliphatic carbocycles. The van der Waals surface area contributed by atoms with Gasteiger partial charge >= 0.3 is 0 Å². The Morgan fingerprint density at radius 1 is 1.40 bits per heavy atom. The quantitative estimate of drug-likeness (QED) is 0.759. The molecule has 1 rings (SSSR count). The van der Waals surface area contributed by atoms with Crippen LogP contribution in [-0.2, 0) is 5.41 Å². The molecule has 15 heavy (non-hydrogen) atoms. The number of aromatic nitrogens is 2. The van der Waals surface area contributed by atoms with Crippen LogP contribution in [0.2, 0.25) is 0 Å². The molecule has 0 saturated heterocycles. The lowest BCUT2D eigenvalue weighted by atomic mass is 9.96. The van der Waals surface area contributed by atoms with Crippen LogP contribution >= 0.6 is 12.2 Å². The molecule has 0 aromatic carbocycles. The van der Waals surface area contributed by atoms with Crippen molar-refractivity contribution in [2.75, 3.05) is 5.32 Å². The summed E-state index contributed by atoms with van der Waals surface area (Å²) in [4.78, 5) is 7.60. The number of rotatable bonds is 2. The molecule has 0 amide bonds. The van der Waals surface area contributed by atoms with Gasteiger partial charge in [-0.25, -0.2) is 4.98 Å².